The van der Waals surface area contributed by atoms with E-state index in [9.17, 15) is 0 Å². The number of aromatic amines is 1. The van der Waals surface area contributed by atoms with Crippen molar-refractivity contribution in [1.82, 2.24) is 19.9 Å². The van der Waals surface area contributed by atoms with Gasteiger partial charge < -0.3 is 25.1 Å². The van der Waals surface area contributed by atoms with Crippen LogP contribution >= 0.6 is 0 Å². The van der Waals surface area contributed by atoms with Crippen LogP contribution in [0.4, 0.5) is 0 Å². The van der Waals surface area contributed by atoms with Crippen LogP contribution in [0.5, 0.6) is 11.5 Å². The maximum Gasteiger partial charge on any atom is 0.176 e. The van der Waals surface area contributed by atoms with Gasteiger partial charge in [0.1, 0.15) is 11.5 Å². The quantitative estimate of drug-likeness (QED) is 0.487. The van der Waals surface area contributed by atoms with E-state index in [0.29, 0.717) is 12.4 Å². The summed E-state index contributed by atoms with van der Waals surface area (Å²) in [5.74, 6) is 2.25. The molecule has 3 N–H and O–H groups in total. The topological polar surface area (TPSA) is 89.3 Å². The number of rotatable bonds is 7. The standard InChI is InChI=1S/C23H27N5O2/c1-28(2)21(9-10-24)22-17-13-16(30-4)6-8-19(17)26-23(27-22)20-12-14-11-15(29-3)5-7-18(14)25-20/h5-8,11-13,21,25H,9-10,24H2,1-4H3. The zero-order valence-electron chi connectivity index (χ0n) is 17.8. The molecular formula is C23H27N5O2. The van der Waals surface area contributed by atoms with Crippen molar-refractivity contribution in [3.8, 4) is 23.0 Å². The van der Waals surface area contributed by atoms with Gasteiger partial charge in [0.15, 0.2) is 5.82 Å². The van der Waals surface area contributed by atoms with E-state index in [1.54, 1.807) is 14.2 Å². The van der Waals surface area contributed by atoms with Crippen LogP contribution in [-0.2, 0) is 0 Å². The van der Waals surface area contributed by atoms with E-state index in [-0.39, 0.29) is 6.04 Å². The highest BCUT2D eigenvalue weighted by Gasteiger charge is 2.21. The van der Waals surface area contributed by atoms with Crippen molar-refractivity contribution in [3.05, 3.63) is 48.2 Å². The second-order valence-electron chi connectivity index (χ2n) is 7.51. The van der Waals surface area contributed by atoms with E-state index in [0.717, 1.165) is 51.1 Å². The lowest BCUT2D eigenvalue weighted by molar-refractivity contribution is 0.283. The number of hydrogen-bond acceptors (Lipinski definition) is 6. The number of H-pyrrole nitrogens is 1. The van der Waals surface area contributed by atoms with Crippen LogP contribution in [0, 0.1) is 0 Å². The summed E-state index contributed by atoms with van der Waals surface area (Å²) in [7, 11) is 7.42. The van der Waals surface area contributed by atoms with Gasteiger partial charge >= 0.3 is 0 Å². The third kappa shape index (κ3) is 3.69. The van der Waals surface area contributed by atoms with Gasteiger partial charge in [-0.1, -0.05) is 0 Å². The third-order valence-corrected chi connectivity index (χ3v) is 5.38. The fourth-order valence-electron chi connectivity index (χ4n) is 3.79. The Kier molecular flexibility index (Phi) is 5.57. The molecule has 7 nitrogen and oxygen atoms in total. The fraction of sp³-hybridized carbons (Fsp3) is 0.304. The van der Waals surface area contributed by atoms with E-state index in [4.69, 9.17) is 25.2 Å². The zero-order chi connectivity index (χ0) is 21.3. The lowest BCUT2D eigenvalue weighted by atomic mass is 10.0. The lowest BCUT2D eigenvalue weighted by Crippen LogP contribution is -2.24. The van der Waals surface area contributed by atoms with Crippen LogP contribution in [0.1, 0.15) is 18.2 Å². The molecule has 30 heavy (non-hydrogen) atoms. The van der Waals surface area contributed by atoms with E-state index in [1.165, 1.54) is 0 Å². The first-order valence-corrected chi connectivity index (χ1v) is 9.93. The van der Waals surface area contributed by atoms with Gasteiger partial charge in [0.2, 0.25) is 0 Å². The largest absolute Gasteiger partial charge is 0.497 e. The first-order chi connectivity index (χ1) is 14.5. The Balaban J connectivity index is 1.92. The molecule has 4 aromatic rings. The minimum atomic E-state index is 0.0656. The van der Waals surface area contributed by atoms with Gasteiger partial charge in [0, 0.05) is 16.3 Å². The van der Waals surface area contributed by atoms with Crippen molar-refractivity contribution >= 4 is 21.8 Å². The number of benzene rings is 2. The van der Waals surface area contributed by atoms with Crippen LogP contribution in [0.25, 0.3) is 33.3 Å². The van der Waals surface area contributed by atoms with Gasteiger partial charge in [0.05, 0.1) is 37.2 Å². The van der Waals surface area contributed by atoms with Crippen LogP contribution in [-0.4, -0.2) is 54.7 Å². The smallest absolute Gasteiger partial charge is 0.176 e. The number of nitrogens with two attached hydrogens (primary N) is 1. The third-order valence-electron chi connectivity index (χ3n) is 5.38. The summed E-state index contributed by atoms with van der Waals surface area (Å²) in [5, 5.41) is 2.03. The number of fused-ring (bicyclic) bond motifs is 2. The van der Waals surface area contributed by atoms with E-state index in [1.807, 2.05) is 50.5 Å². The van der Waals surface area contributed by atoms with E-state index >= 15 is 0 Å². The molecule has 7 heteroatoms. The molecule has 0 aliphatic carbocycles. The molecule has 0 radical (unpaired) electrons. The molecule has 2 aromatic heterocycles. The molecule has 0 aliphatic rings. The van der Waals surface area contributed by atoms with Crippen molar-refractivity contribution in [1.29, 1.82) is 0 Å². The maximum absolute atomic E-state index is 5.92. The predicted molar refractivity (Wildman–Crippen MR) is 120 cm³/mol. The Morgan fingerprint density at radius 1 is 1.00 bits per heavy atom. The summed E-state index contributed by atoms with van der Waals surface area (Å²) in [6, 6.07) is 14.0. The first-order valence-electron chi connectivity index (χ1n) is 9.93. The molecule has 0 aliphatic heterocycles. The van der Waals surface area contributed by atoms with Gasteiger partial charge in [-0.05, 0) is 69.5 Å². The fourth-order valence-corrected chi connectivity index (χ4v) is 3.79. The first kappa shape index (κ1) is 20.1. The van der Waals surface area contributed by atoms with Gasteiger partial charge in [-0.3, -0.25) is 0 Å². The monoisotopic (exact) mass is 405 g/mol. The molecule has 0 bridgehead atoms. The summed E-state index contributed by atoms with van der Waals surface area (Å²) in [6.45, 7) is 0.569. The Hall–Kier alpha value is -3.16. The molecule has 0 spiro atoms. The van der Waals surface area contributed by atoms with E-state index < -0.39 is 0 Å². The number of ether oxygens (including phenoxy) is 2. The minimum Gasteiger partial charge on any atom is -0.497 e. The van der Waals surface area contributed by atoms with Gasteiger partial charge in [-0.25, -0.2) is 9.97 Å². The van der Waals surface area contributed by atoms with Crippen LogP contribution in [0.3, 0.4) is 0 Å². The summed E-state index contributed by atoms with van der Waals surface area (Å²) >= 11 is 0. The second kappa shape index (κ2) is 8.30. The highest BCUT2D eigenvalue weighted by atomic mass is 16.5. The predicted octanol–water partition coefficient (Wildman–Crippen LogP) is 3.75. The van der Waals surface area contributed by atoms with Crippen molar-refractivity contribution in [3.63, 3.8) is 0 Å². The van der Waals surface area contributed by atoms with Gasteiger partial charge in [-0.2, -0.15) is 0 Å². The summed E-state index contributed by atoms with van der Waals surface area (Å²) in [6.07, 6.45) is 0.791. The van der Waals surface area contributed by atoms with E-state index in [2.05, 4.69) is 16.0 Å². The molecule has 0 saturated carbocycles. The Labute approximate surface area is 175 Å². The van der Waals surface area contributed by atoms with Crippen molar-refractivity contribution in [2.24, 2.45) is 5.73 Å². The highest BCUT2D eigenvalue weighted by Crippen LogP contribution is 2.32. The number of hydrogen-bond donors (Lipinski definition) is 2. The Morgan fingerprint density at radius 3 is 2.43 bits per heavy atom. The second-order valence-corrected chi connectivity index (χ2v) is 7.51. The summed E-state index contributed by atoms with van der Waals surface area (Å²) < 4.78 is 10.8. The maximum atomic E-state index is 5.92. The molecule has 1 atom stereocenters. The molecule has 0 amide bonds. The number of nitrogens with one attached hydrogen (secondary N) is 1. The SMILES string of the molecule is COc1ccc2[nH]c(-c3nc(C(CCN)N(C)C)c4cc(OC)ccc4n3)cc2c1. The number of aromatic nitrogens is 3. The molecule has 156 valence electrons. The molecule has 2 aromatic carbocycles. The molecule has 0 saturated heterocycles. The molecule has 2 heterocycles. The number of methoxy groups -OCH3 is 2. The summed E-state index contributed by atoms with van der Waals surface area (Å²) in [4.78, 5) is 15.4. The van der Waals surface area contributed by atoms with Crippen LogP contribution < -0.4 is 15.2 Å². The molecule has 4 rings (SSSR count). The highest BCUT2D eigenvalue weighted by molar-refractivity contribution is 5.88. The average Bonchev–Trinajstić information content (AvgIpc) is 3.19. The summed E-state index contributed by atoms with van der Waals surface area (Å²) in [5.41, 5.74) is 9.61. The van der Waals surface area contributed by atoms with Gasteiger partial charge in [0.25, 0.3) is 0 Å². The Bertz CT molecular complexity index is 1190. The van der Waals surface area contributed by atoms with Crippen LogP contribution in [0.15, 0.2) is 42.5 Å². The van der Waals surface area contributed by atoms with Gasteiger partial charge in [-0.15, -0.1) is 0 Å². The number of nitrogens with zero attached hydrogens (tertiary/aromatic N) is 3. The van der Waals surface area contributed by atoms with Crippen molar-refractivity contribution in [2.45, 2.75) is 12.5 Å². The van der Waals surface area contributed by atoms with Crippen molar-refractivity contribution < 1.29 is 9.47 Å². The molecular weight excluding hydrogens is 378 g/mol. The minimum absolute atomic E-state index is 0.0656. The lowest BCUT2D eigenvalue weighted by Gasteiger charge is -2.25. The van der Waals surface area contributed by atoms with Crippen molar-refractivity contribution in [2.75, 3.05) is 34.9 Å². The average molecular weight is 406 g/mol. The molecule has 1 unspecified atom stereocenters. The zero-order valence-corrected chi connectivity index (χ0v) is 17.8. The normalized spacial score (nSPS) is 12.6. The Morgan fingerprint density at radius 2 is 1.73 bits per heavy atom. The molecule has 0 fully saturated rings. The van der Waals surface area contributed by atoms with Crippen LogP contribution in [0.2, 0.25) is 0 Å².